The Hall–Kier alpha value is -2.09. The lowest BCUT2D eigenvalue weighted by Crippen LogP contribution is -2.56. The Bertz CT molecular complexity index is 980. The quantitative estimate of drug-likeness (QED) is 0.444. The molecule has 3 aliphatic rings. The minimum Gasteiger partial charge on any atom is -0.504 e. The summed E-state index contributed by atoms with van der Waals surface area (Å²) in [4.78, 5) is 11.7. The fourth-order valence-corrected chi connectivity index (χ4v) is 6.24. The fourth-order valence-electron chi connectivity index (χ4n) is 6.24. The van der Waals surface area contributed by atoms with Crippen LogP contribution in [0, 0.1) is 12.8 Å². The van der Waals surface area contributed by atoms with E-state index >= 15 is 0 Å². The van der Waals surface area contributed by atoms with Crippen molar-refractivity contribution in [3.63, 3.8) is 0 Å². The maximum atomic E-state index is 11.7. The number of hydrogen-bond donors (Lipinski definition) is 3. The predicted molar refractivity (Wildman–Crippen MR) is 127 cm³/mol. The first kappa shape index (κ1) is 25.0. The van der Waals surface area contributed by atoms with Gasteiger partial charge in [0.05, 0.1) is 6.61 Å². The molecule has 2 aliphatic carbocycles. The number of esters is 1. The number of carbonyl (C=O) groups excluding carboxylic acids is 1. The Morgan fingerprint density at radius 3 is 2.44 bits per heavy atom. The zero-order valence-electron chi connectivity index (χ0n) is 21.0. The summed E-state index contributed by atoms with van der Waals surface area (Å²) in [5, 5.41) is 32.0. The van der Waals surface area contributed by atoms with Gasteiger partial charge in [-0.3, -0.25) is 4.79 Å². The SMILES string of the molecule is CC(=O)O[C@@H]1[C@@H](Oc2c(C)c3c4c(c2O)[C@@H](C)CC[C@@H]4[C@@H](C)C[C@H]3C=C(C)C)OC[C@H](O)[C@H]1O. The number of carbonyl (C=O) groups is 1. The number of ether oxygens (including phenoxy) is 3. The van der Waals surface area contributed by atoms with Crippen molar-refractivity contribution in [3.05, 3.63) is 33.9 Å². The van der Waals surface area contributed by atoms with Gasteiger partial charge in [0.1, 0.15) is 12.2 Å². The van der Waals surface area contributed by atoms with E-state index in [2.05, 4.69) is 33.8 Å². The van der Waals surface area contributed by atoms with Crippen LogP contribution in [0.5, 0.6) is 11.5 Å². The van der Waals surface area contributed by atoms with E-state index in [1.165, 1.54) is 23.6 Å². The van der Waals surface area contributed by atoms with E-state index in [4.69, 9.17) is 14.2 Å². The molecule has 0 unspecified atom stereocenters. The van der Waals surface area contributed by atoms with Crippen molar-refractivity contribution < 1.29 is 34.3 Å². The van der Waals surface area contributed by atoms with Crippen molar-refractivity contribution in [2.75, 3.05) is 6.61 Å². The average Bonchev–Trinajstić information content (AvgIpc) is 2.74. The molecule has 4 rings (SSSR count). The van der Waals surface area contributed by atoms with Crippen molar-refractivity contribution in [1.82, 2.24) is 0 Å². The molecule has 1 aliphatic heterocycles. The highest BCUT2D eigenvalue weighted by Gasteiger charge is 2.45. The molecule has 0 radical (unpaired) electrons. The minimum absolute atomic E-state index is 0.101. The minimum atomic E-state index is -1.36. The average molecular weight is 475 g/mol. The summed E-state index contributed by atoms with van der Waals surface area (Å²) in [5.41, 5.74) is 5.49. The van der Waals surface area contributed by atoms with Crippen LogP contribution >= 0.6 is 0 Å². The second-order valence-electron chi connectivity index (χ2n) is 10.6. The van der Waals surface area contributed by atoms with Gasteiger partial charge < -0.3 is 29.5 Å². The highest BCUT2D eigenvalue weighted by molar-refractivity contribution is 5.66. The van der Waals surface area contributed by atoms with E-state index in [0.29, 0.717) is 17.6 Å². The number of aromatic hydroxyl groups is 1. The smallest absolute Gasteiger partial charge is 0.303 e. The maximum Gasteiger partial charge on any atom is 0.303 e. The number of aliphatic hydroxyl groups excluding tert-OH is 2. The molecule has 0 saturated carbocycles. The Kier molecular flexibility index (Phi) is 7.00. The second-order valence-corrected chi connectivity index (χ2v) is 10.6. The van der Waals surface area contributed by atoms with Gasteiger partial charge in [-0.25, -0.2) is 0 Å². The summed E-state index contributed by atoms with van der Waals surface area (Å²) < 4.78 is 17.1. The number of hydrogen-bond acceptors (Lipinski definition) is 7. The van der Waals surface area contributed by atoms with Gasteiger partial charge in [0.15, 0.2) is 17.6 Å². The van der Waals surface area contributed by atoms with E-state index in [1.54, 1.807) is 0 Å². The van der Waals surface area contributed by atoms with Crippen LogP contribution in [0.25, 0.3) is 0 Å². The molecule has 1 fully saturated rings. The van der Waals surface area contributed by atoms with Crippen LogP contribution in [0.2, 0.25) is 0 Å². The predicted octanol–water partition coefficient (Wildman–Crippen LogP) is 4.16. The lowest BCUT2D eigenvalue weighted by atomic mass is 9.62. The molecule has 0 spiro atoms. The normalized spacial score (nSPS) is 34.7. The van der Waals surface area contributed by atoms with Crippen LogP contribution in [0.15, 0.2) is 11.6 Å². The Labute approximate surface area is 201 Å². The van der Waals surface area contributed by atoms with E-state index in [1.807, 2.05) is 6.92 Å². The maximum absolute atomic E-state index is 11.7. The molecular formula is C27H38O7. The number of phenolic OH excluding ortho intramolecular Hbond substituents is 1. The van der Waals surface area contributed by atoms with Crippen molar-refractivity contribution in [1.29, 1.82) is 0 Å². The van der Waals surface area contributed by atoms with Crippen LogP contribution in [0.1, 0.15) is 93.9 Å². The van der Waals surface area contributed by atoms with Gasteiger partial charge in [-0.05, 0) is 74.5 Å². The van der Waals surface area contributed by atoms with E-state index in [-0.39, 0.29) is 24.2 Å². The highest BCUT2D eigenvalue weighted by Crippen LogP contribution is 2.58. The summed E-state index contributed by atoms with van der Waals surface area (Å²) in [6, 6.07) is 0. The molecule has 3 N–H and O–H groups in total. The number of aliphatic hydroxyl groups is 2. The zero-order valence-corrected chi connectivity index (χ0v) is 21.0. The summed E-state index contributed by atoms with van der Waals surface area (Å²) in [7, 11) is 0. The number of rotatable bonds is 4. The molecule has 34 heavy (non-hydrogen) atoms. The lowest BCUT2D eigenvalue weighted by Gasteiger charge is -2.44. The highest BCUT2D eigenvalue weighted by atomic mass is 16.7. The van der Waals surface area contributed by atoms with Gasteiger partial charge >= 0.3 is 5.97 Å². The van der Waals surface area contributed by atoms with Crippen LogP contribution in [0.3, 0.4) is 0 Å². The molecule has 7 heteroatoms. The standard InChI is InChI=1S/C27H38O7/c1-12(2)9-17-10-14(4)18-8-7-13(3)20-22(18)21(17)15(5)25(24(20)31)34-27-26(33-16(6)28)23(30)19(29)11-32-27/h9,13-14,17-19,23,26-27,29-31H,7-8,10-11H2,1-6H3/t13-,14-,17+,18+,19-,23+,26-,27+/m0/s1. The topological polar surface area (TPSA) is 105 Å². The molecule has 1 aromatic rings. The largest absolute Gasteiger partial charge is 0.504 e. The van der Waals surface area contributed by atoms with Gasteiger partial charge in [-0.2, -0.15) is 0 Å². The second kappa shape index (κ2) is 9.51. The first-order chi connectivity index (χ1) is 16.0. The van der Waals surface area contributed by atoms with Gasteiger partial charge in [0.25, 0.3) is 0 Å². The van der Waals surface area contributed by atoms with E-state index < -0.39 is 30.6 Å². The molecule has 0 bridgehead atoms. The Balaban J connectivity index is 1.84. The van der Waals surface area contributed by atoms with E-state index in [9.17, 15) is 20.1 Å². The van der Waals surface area contributed by atoms with Crippen molar-refractivity contribution in [2.45, 2.75) is 103 Å². The first-order valence-corrected chi connectivity index (χ1v) is 12.4. The van der Waals surface area contributed by atoms with Crippen molar-refractivity contribution >= 4 is 5.97 Å². The molecule has 1 heterocycles. The number of allylic oxidation sites excluding steroid dienone is 2. The summed E-state index contributed by atoms with van der Waals surface area (Å²) in [6.45, 7) is 11.7. The molecule has 1 aromatic carbocycles. The number of phenols is 1. The molecule has 0 amide bonds. The van der Waals surface area contributed by atoms with Gasteiger partial charge in [0, 0.05) is 18.4 Å². The summed E-state index contributed by atoms with van der Waals surface area (Å²) in [6.07, 6.45) is 0.495. The Morgan fingerprint density at radius 2 is 1.79 bits per heavy atom. The van der Waals surface area contributed by atoms with Crippen LogP contribution in [0.4, 0.5) is 0 Å². The third-order valence-corrected chi connectivity index (χ3v) is 7.75. The number of benzene rings is 1. The first-order valence-electron chi connectivity index (χ1n) is 12.4. The summed E-state index contributed by atoms with van der Waals surface area (Å²) in [5.74, 6) is 1.08. The van der Waals surface area contributed by atoms with Crippen LogP contribution in [-0.2, 0) is 14.3 Å². The van der Waals surface area contributed by atoms with Crippen LogP contribution < -0.4 is 4.74 Å². The van der Waals surface area contributed by atoms with Gasteiger partial charge in [0.2, 0.25) is 6.29 Å². The van der Waals surface area contributed by atoms with Crippen molar-refractivity contribution in [3.8, 4) is 11.5 Å². The molecule has 188 valence electrons. The monoisotopic (exact) mass is 474 g/mol. The fraction of sp³-hybridized carbons (Fsp3) is 0.667. The van der Waals surface area contributed by atoms with Gasteiger partial charge in [-0.15, -0.1) is 0 Å². The van der Waals surface area contributed by atoms with Crippen molar-refractivity contribution in [2.24, 2.45) is 5.92 Å². The molecule has 1 saturated heterocycles. The zero-order chi connectivity index (χ0) is 24.9. The molecular weight excluding hydrogens is 436 g/mol. The third-order valence-electron chi connectivity index (χ3n) is 7.75. The van der Waals surface area contributed by atoms with Gasteiger partial charge in [-0.1, -0.05) is 25.5 Å². The summed E-state index contributed by atoms with van der Waals surface area (Å²) >= 11 is 0. The third kappa shape index (κ3) is 4.34. The van der Waals surface area contributed by atoms with E-state index in [0.717, 1.165) is 30.4 Å². The molecule has 0 aromatic heterocycles. The molecule has 8 atom stereocenters. The molecule has 7 nitrogen and oxygen atoms in total. The van der Waals surface area contributed by atoms with Crippen LogP contribution in [-0.4, -0.2) is 52.5 Å². The Morgan fingerprint density at radius 1 is 1.09 bits per heavy atom. The lowest BCUT2D eigenvalue weighted by molar-refractivity contribution is -0.250.